The summed E-state index contributed by atoms with van der Waals surface area (Å²) >= 11 is 0. The number of hydrogen-bond donors (Lipinski definition) is 0. The first-order valence-corrected chi connectivity index (χ1v) is 8.00. The molecule has 2 rings (SSSR count). The maximum Gasteiger partial charge on any atom is 0.411 e. The van der Waals surface area contributed by atoms with Crippen LogP contribution >= 0.6 is 0 Å². The second kappa shape index (κ2) is 6.67. The SMILES string of the molecule is C=C1CN(C(=O)OC(C)(C)C)C(C)(C(=O)OCc2ccccc2)C1. The molecule has 0 N–H and O–H groups in total. The van der Waals surface area contributed by atoms with E-state index in [1.165, 1.54) is 4.90 Å². The number of hydrogen-bond acceptors (Lipinski definition) is 4. The van der Waals surface area contributed by atoms with Crippen molar-refractivity contribution < 1.29 is 19.1 Å². The Morgan fingerprint density at radius 3 is 2.46 bits per heavy atom. The maximum absolute atomic E-state index is 12.7. The molecule has 1 heterocycles. The van der Waals surface area contributed by atoms with E-state index in [1.54, 1.807) is 27.7 Å². The van der Waals surface area contributed by atoms with E-state index in [9.17, 15) is 9.59 Å². The predicted octanol–water partition coefficient (Wildman–Crippen LogP) is 3.69. The van der Waals surface area contributed by atoms with Gasteiger partial charge < -0.3 is 9.47 Å². The summed E-state index contributed by atoms with van der Waals surface area (Å²) in [5.74, 6) is -0.448. The van der Waals surface area contributed by atoms with Gasteiger partial charge in [0.15, 0.2) is 0 Å². The van der Waals surface area contributed by atoms with Crippen molar-refractivity contribution in [1.82, 2.24) is 4.90 Å². The molecule has 0 aliphatic carbocycles. The fourth-order valence-electron chi connectivity index (χ4n) is 2.68. The van der Waals surface area contributed by atoms with Gasteiger partial charge in [-0.05, 0) is 33.3 Å². The average Bonchev–Trinajstić information content (AvgIpc) is 2.80. The molecular weight excluding hydrogens is 306 g/mol. The lowest BCUT2D eigenvalue weighted by Crippen LogP contribution is -2.52. The van der Waals surface area contributed by atoms with Crippen LogP contribution in [0.25, 0.3) is 0 Å². The van der Waals surface area contributed by atoms with Crippen molar-refractivity contribution in [2.24, 2.45) is 0 Å². The van der Waals surface area contributed by atoms with Gasteiger partial charge in [-0.25, -0.2) is 9.59 Å². The number of amides is 1. The van der Waals surface area contributed by atoms with Crippen LogP contribution in [-0.4, -0.2) is 34.6 Å². The second-order valence-electron chi connectivity index (χ2n) is 7.33. The number of rotatable bonds is 3. The summed E-state index contributed by atoms with van der Waals surface area (Å²) in [6, 6.07) is 9.44. The third-order valence-electron chi connectivity index (χ3n) is 3.84. The number of carbonyl (C=O) groups is 2. The van der Waals surface area contributed by atoms with Crippen LogP contribution in [0.1, 0.15) is 39.7 Å². The van der Waals surface area contributed by atoms with E-state index in [2.05, 4.69) is 6.58 Å². The summed E-state index contributed by atoms with van der Waals surface area (Å²) in [5.41, 5.74) is -0.0144. The van der Waals surface area contributed by atoms with E-state index in [0.29, 0.717) is 13.0 Å². The van der Waals surface area contributed by atoms with Crippen molar-refractivity contribution in [3.8, 4) is 0 Å². The van der Waals surface area contributed by atoms with Gasteiger partial charge in [-0.1, -0.05) is 42.5 Å². The average molecular weight is 331 g/mol. The van der Waals surface area contributed by atoms with Crippen molar-refractivity contribution in [3.05, 3.63) is 48.0 Å². The van der Waals surface area contributed by atoms with Crippen molar-refractivity contribution >= 4 is 12.1 Å². The molecule has 0 saturated carbocycles. The van der Waals surface area contributed by atoms with E-state index in [4.69, 9.17) is 9.47 Å². The third-order valence-corrected chi connectivity index (χ3v) is 3.84. The smallest absolute Gasteiger partial charge is 0.411 e. The molecule has 1 saturated heterocycles. The van der Waals surface area contributed by atoms with Crippen LogP contribution in [0.15, 0.2) is 42.5 Å². The minimum absolute atomic E-state index is 0.171. The monoisotopic (exact) mass is 331 g/mol. The predicted molar refractivity (Wildman–Crippen MR) is 91.3 cm³/mol. The van der Waals surface area contributed by atoms with Gasteiger partial charge in [-0.15, -0.1) is 0 Å². The number of nitrogens with zero attached hydrogens (tertiary/aromatic N) is 1. The van der Waals surface area contributed by atoms with Gasteiger partial charge in [0.2, 0.25) is 0 Å². The Hall–Kier alpha value is -2.30. The van der Waals surface area contributed by atoms with Gasteiger partial charge >= 0.3 is 12.1 Å². The summed E-state index contributed by atoms with van der Waals surface area (Å²) in [6.45, 7) is 11.5. The Morgan fingerprint density at radius 2 is 1.88 bits per heavy atom. The molecule has 0 aromatic heterocycles. The molecule has 5 heteroatoms. The fraction of sp³-hybridized carbons (Fsp3) is 0.474. The summed E-state index contributed by atoms with van der Waals surface area (Å²) in [7, 11) is 0. The summed E-state index contributed by atoms with van der Waals surface area (Å²) in [4.78, 5) is 26.5. The topological polar surface area (TPSA) is 55.8 Å². The van der Waals surface area contributed by atoms with Gasteiger partial charge in [0.05, 0.1) is 0 Å². The maximum atomic E-state index is 12.7. The lowest BCUT2D eigenvalue weighted by atomic mass is 9.98. The van der Waals surface area contributed by atoms with E-state index >= 15 is 0 Å². The highest BCUT2D eigenvalue weighted by molar-refractivity contribution is 5.87. The first-order valence-electron chi connectivity index (χ1n) is 8.00. The number of ether oxygens (including phenoxy) is 2. The third kappa shape index (κ3) is 4.16. The Bertz CT molecular complexity index is 633. The van der Waals surface area contributed by atoms with Crippen LogP contribution in [0.3, 0.4) is 0 Å². The highest BCUT2D eigenvalue weighted by Crippen LogP contribution is 2.34. The molecule has 1 unspecified atom stereocenters. The van der Waals surface area contributed by atoms with Crippen LogP contribution in [0.5, 0.6) is 0 Å². The first kappa shape index (κ1) is 18.0. The second-order valence-corrected chi connectivity index (χ2v) is 7.33. The van der Waals surface area contributed by atoms with Crippen LogP contribution in [0.4, 0.5) is 4.79 Å². The zero-order valence-electron chi connectivity index (χ0n) is 14.8. The van der Waals surface area contributed by atoms with E-state index in [1.807, 2.05) is 30.3 Å². The quantitative estimate of drug-likeness (QED) is 0.626. The number of carbonyl (C=O) groups excluding carboxylic acids is 2. The van der Waals surface area contributed by atoms with Gasteiger partial charge in [0, 0.05) is 13.0 Å². The standard InChI is InChI=1S/C19H25NO4/c1-14-11-19(5,20(12-14)17(22)24-18(2,3)4)16(21)23-13-15-9-7-6-8-10-15/h6-10H,1,11-13H2,2-5H3. The molecule has 1 fully saturated rings. The highest BCUT2D eigenvalue weighted by Gasteiger charge is 2.50. The molecular formula is C19H25NO4. The lowest BCUT2D eigenvalue weighted by molar-refractivity contribution is -0.156. The lowest BCUT2D eigenvalue weighted by Gasteiger charge is -2.34. The summed E-state index contributed by atoms with van der Waals surface area (Å²) < 4.78 is 10.9. The molecule has 24 heavy (non-hydrogen) atoms. The summed E-state index contributed by atoms with van der Waals surface area (Å²) in [6.07, 6.45) is -0.153. The summed E-state index contributed by atoms with van der Waals surface area (Å²) in [5, 5.41) is 0. The molecule has 0 radical (unpaired) electrons. The molecule has 5 nitrogen and oxygen atoms in total. The molecule has 130 valence electrons. The van der Waals surface area contributed by atoms with Crippen LogP contribution in [0.2, 0.25) is 0 Å². The van der Waals surface area contributed by atoms with Crippen LogP contribution in [-0.2, 0) is 20.9 Å². The fourth-order valence-corrected chi connectivity index (χ4v) is 2.68. The van der Waals surface area contributed by atoms with Gasteiger partial charge in [-0.2, -0.15) is 0 Å². The van der Waals surface area contributed by atoms with Gasteiger partial charge in [0.1, 0.15) is 17.7 Å². The molecule has 1 aromatic rings. The van der Waals surface area contributed by atoms with Crippen molar-refractivity contribution in [1.29, 1.82) is 0 Å². The molecule has 0 spiro atoms. The molecule has 1 aliphatic heterocycles. The Kier molecular flexibility index (Phi) is 5.02. The zero-order valence-corrected chi connectivity index (χ0v) is 14.8. The Labute approximate surface area is 143 Å². The van der Waals surface area contributed by atoms with Crippen molar-refractivity contribution in [3.63, 3.8) is 0 Å². The van der Waals surface area contributed by atoms with E-state index < -0.39 is 23.2 Å². The number of likely N-dealkylation sites (tertiary alicyclic amines) is 1. The minimum Gasteiger partial charge on any atom is -0.459 e. The molecule has 1 aliphatic rings. The normalized spacial score (nSPS) is 20.8. The van der Waals surface area contributed by atoms with E-state index in [-0.39, 0.29) is 6.61 Å². The molecule has 1 amide bonds. The van der Waals surface area contributed by atoms with E-state index in [0.717, 1.165) is 11.1 Å². The van der Waals surface area contributed by atoms with Gasteiger partial charge in [0.25, 0.3) is 0 Å². The number of esters is 1. The van der Waals surface area contributed by atoms with Crippen LogP contribution in [0, 0.1) is 0 Å². The minimum atomic E-state index is -1.09. The molecule has 1 atom stereocenters. The first-order chi connectivity index (χ1) is 11.1. The molecule has 1 aromatic carbocycles. The van der Waals surface area contributed by atoms with Crippen LogP contribution < -0.4 is 0 Å². The zero-order chi connectivity index (χ0) is 18.0. The highest BCUT2D eigenvalue weighted by atomic mass is 16.6. The Balaban J connectivity index is 2.10. The van der Waals surface area contributed by atoms with Crippen molar-refractivity contribution in [2.45, 2.75) is 51.9 Å². The Morgan fingerprint density at radius 1 is 1.25 bits per heavy atom. The van der Waals surface area contributed by atoms with Gasteiger partial charge in [-0.3, -0.25) is 4.90 Å². The molecule has 0 bridgehead atoms. The largest absolute Gasteiger partial charge is 0.459 e. The van der Waals surface area contributed by atoms with Crippen molar-refractivity contribution in [2.75, 3.05) is 6.54 Å². The number of benzene rings is 1.